The van der Waals surface area contributed by atoms with Gasteiger partial charge in [-0.2, -0.15) is 5.10 Å². The molecular weight excluding hydrogens is 382 g/mol. The molecule has 3 heterocycles. The van der Waals surface area contributed by atoms with Crippen molar-refractivity contribution in [3.63, 3.8) is 0 Å². The minimum absolute atomic E-state index is 0.0803. The summed E-state index contributed by atoms with van der Waals surface area (Å²) in [6, 6.07) is 7.58. The lowest BCUT2D eigenvalue weighted by molar-refractivity contribution is 0.0996. The summed E-state index contributed by atoms with van der Waals surface area (Å²) in [5.74, 6) is 1.20. The van der Waals surface area contributed by atoms with Gasteiger partial charge in [0, 0.05) is 5.56 Å². The number of benzene rings is 1. The van der Waals surface area contributed by atoms with Crippen LogP contribution in [0.5, 0.6) is 11.5 Å². The molecule has 0 saturated carbocycles. The van der Waals surface area contributed by atoms with E-state index < -0.39 is 5.66 Å². The van der Waals surface area contributed by atoms with Crippen molar-refractivity contribution >= 4 is 11.6 Å². The third-order valence-corrected chi connectivity index (χ3v) is 5.21. The smallest absolute Gasteiger partial charge is 0.260 e. The Hall–Kier alpha value is -3.39. The molecule has 0 spiro atoms. The average Bonchev–Trinajstić information content (AvgIpc) is 3.32. The number of amides is 1. The van der Waals surface area contributed by atoms with E-state index in [1.165, 1.54) is 0 Å². The van der Waals surface area contributed by atoms with E-state index in [-0.39, 0.29) is 5.91 Å². The fourth-order valence-corrected chi connectivity index (χ4v) is 3.62. The first-order chi connectivity index (χ1) is 14.2. The van der Waals surface area contributed by atoms with Crippen LogP contribution in [0, 0.1) is 6.92 Å². The third kappa shape index (κ3) is 3.29. The summed E-state index contributed by atoms with van der Waals surface area (Å²) < 4.78 is 12.4. The van der Waals surface area contributed by atoms with Crippen molar-refractivity contribution in [3.8, 4) is 22.8 Å². The highest BCUT2D eigenvalue weighted by atomic mass is 16.5. The van der Waals surface area contributed by atoms with Crippen molar-refractivity contribution in [1.29, 1.82) is 0 Å². The summed E-state index contributed by atoms with van der Waals surface area (Å²) in [6.45, 7) is 6.02. The number of nitrogens with zero attached hydrogens (tertiary/aromatic N) is 4. The third-order valence-electron chi connectivity index (χ3n) is 5.21. The minimum Gasteiger partial charge on any atom is -0.493 e. The average molecular weight is 407 g/mol. The number of fused-ring (bicyclic) bond motifs is 1. The SMILES string of the molecule is COc1ccc(-c2cc(C)c3c(n2)CN(c2cnn(C(C)(C)N)c2)C3=O)cc1OC. The van der Waals surface area contributed by atoms with Gasteiger partial charge in [-0.1, -0.05) is 0 Å². The minimum atomic E-state index is -0.650. The number of anilines is 1. The van der Waals surface area contributed by atoms with Crippen LogP contribution in [0.15, 0.2) is 36.7 Å². The van der Waals surface area contributed by atoms with Crippen LogP contribution in [0.1, 0.15) is 35.5 Å². The Labute approximate surface area is 175 Å². The number of nitrogens with two attached hydrogens (primary N) is 1. The van der Waals surface area contributed by atoms with Gasteiger partial charge < -0.3 is 15.2 Å². The van der Waals surface area contributed by atoms with Crippen LogP contribution in [0.2, 0.25) is 0 Å². The van der Waals surface area contributed by atoms with Crippen molar-refractivity contribution in [2.24, 2.45) is 5.73 Å². The summed E-state index contributed by atoms with van der Waals surface area (Å²) in [6.07, 6.45) is 3.44. The Morgan fingerprint density at radius 2 is 1.87 bits per heavy atom. The van der Waals surface area contributed by atoms with Gasteiger partial charge in [0.05, 0.1) is 55.8 Å². The van der Waals surface area contributed by atoms with Crippen molar-refractivity contribution in [3.05, 3.63) is 53.5 Å². The molecule has 1 amide bonds. The second kappa shape index (κ2) is 7.14. The molecule has 1 aromatic carbocycles. The van der Waals surface area contributed by atoms with Crippen molar-refractivity contribution in [1.82, 2.24) is 14.8 Å². The molecular formula is C22H25N5O3. The van der Waals surface area contributed by atoms with Crippen LogP contribution in [-0.4, -0.2) is 34.9 Å². The number of aryl methyl sites for hydroxylation is 1. The second-order valence-corrected chi connectivity index (χ2v) is 7.90. The second-order valence-electron chi connectivity index (χ2n) is 7.90. The summed E-state index contributed by atoms with van der Waals surface area (Å²) in [7, 11) is 3.20. The molecule has 0 aliphatic carbocycles. The van der Waals surface area contributed by atoms with Crippen LogP contribution in [0.4, 0.5) is 5.69 Å². The van der Waals surface area contributed by atoms with E-state index in [9.17, 15) is 4.79 Å². The van der Waals surface area contributed by atoms with E-state index in [0.29, 0.717) is 29.3 Å². The van der Waals surface area contributed by atoms with Crippen molar-refractivity contribution < 1.29 is 14.3 Å². The summed E-state index contributed by atoms with van der Waals surface area (Å²) in [5, 5.41) is 4.30. The molecule has 0 unspecified atom stereocenters. The highest BCUT2D eigenvalue weighted by Crippen LogP contribution is 2.35. The molecule has 0 atom stereocenters. The molecule has 2 aromatic heterocycles. The molecule has 0 radical (unpaired) electrons. The fourth-order valence-electron chi connectivity index (χ4n) is 3.62. The molecule has 3 aromatic rings. The number of rotatable bonds is 5. The lowest BCUT2D eigenvalue weighted by Gasteiger charge is -2.19. The van der Waals surface area contributed by atoms with E-state index in [2.05, 4.69) is 5.10 Å². The van der Waals surface area contributed by atoms with Gasteiger partial charge in [-0.05, 0) is 50.6 Å². The molecule has 1 aliphatic rings. The Kier molecular flexibility index (Phi) is 4.74. The van der Waals surface area contributed by atoms with Gasteiger partial charge in [-0.25, -0.2) is 0 Å². The molecule has 30 heavy (non-hydrogen) atoms. The van der Waals surface area contributed by atoms with Crippen LogP contribution in [0.25, 0.3) is 11.3 Å². The summed E-state index contributed by atoms with van der Waals surface area (Å²) >= 11 is 0. The van der Waals surface area contributed by atoms with Crippen molar-refractivity contribution in [2.75, 3.05) is 19.1 Å². The van der Waals surface area contributed by atoms with E-state index >= 15 is 0 Å². The molecule has 0 saturated heterocycles. The molecule has 4 rings (SSSR count). The first kappa shape index (κ1) is 19.9. The maximum absolute atomic E-state index is 13.1. The molecule has 8 nitrogen and oxygen atoms in total. The van der Waals surface area contributed by atoms with E-state index in [0.717, 1.165) is 22.5 Å². The maximum atomic E-state index is 13.1. The monoisotopic (exact) mass is 407 g/mol. The molecule has 0 bridgehead atoms. The number of carbonyl (C=O) groups excluding carboxylic acids is 1. The highest BCUT2D eigenvalue weighted by Gasteiger charge is 2.33. The lowest BCUT2D eigenvalue weighted by Crippen LogP contribution is -2.36. The molecule has 8 heteroatoms. The Morgan fingerprint density at radius 1 is 1.13 bits per heavy atom. The Morgan fingerprint density at radius 3 is 2.50 bits per heavy atom. The van der Waals surface area contributed by atoms with Gasteiger partial charge in [0.1, 0.15) is 5.66 Å². The van der Waals surface area contributed by atoms with Crippen LogP contribution >= 0.6 is 0 Å². The molecule has 156 valence electrons. The molecule has 1 aliphatic heterocycles. The zero-order valence-corrected chi connectivity index (χ0v) is 17.8. The predicted molar refractivity (Wildman–Crippen MR) is 114 cm³/mol. The number of hydrogen-bond acceptors (Lipinski definition) is 6. The van der Waals surface area contributed by atoms with Crippen LogP contribution in [-0.2, 0) is 12.2 Å². The summed E-state index contributed by atoms with van der Waals surface area (Å²) in [5.41, 5.74) is 10.1. The van der Waals surface area contributed by atoms with Gasteiger partial charge >= 0.3 is 0 Å². The zero-order chi connectivity index (χ0) is 21.6. The number of methoxy groups -OCH3 is 2. The number of aromatic nitrogens is 3. The zero-order valence-electron chi connectivity index (χ0n) is 17.8. The van der Waals surface area contributed by atoms with Crippen LogP contribution < -0.4 is 20.1 Å². The van der Waals surface area contributed by atoms with Gasteiger partial charge in [-0.3, -0.25) is 19.4 Å². The first-order valence-electron chi connectivity index (χ1n) is 9.61. The highest BCUT2D eigenvalue weighted by molar-refractivity contribution is 6.10. The number of hydrogen-bond donors (Lipinski definition) is 1. The van der Waals surface area contributed by atoms with Gasteiger partial charge in [0.2, 0.25) is 0 Å². The van der Waals surface area contributed by atoms with Crippen molar-refractivity contribution in [2.45, 2.75) is 33.0 Å². The Balaban J connectivity index is 1.70. The van der Waals surface area contributed by atoms with E-state index in [1.54, 1.807) is 36.2 Å². The standard InChI is InChI=1S/C22H25N5O3/c1-13-8-16(14-6-7-18(29-4)19(9-14)30-5)25-17-12-26(21(28)20(13)17)15-10-24-27(11-15)22(2,3)23/h6-11H,12,23H2,1-5H3. The van der Waals surface area contributed by atoms with Gasteiger partial charge in [-0.15, -0.1) is 0 Å². The van der Waals surface area contributed by atoms with Crippen LogP contribution in [0.3, 0.4) is 0 Å². The molecule has 2 N–H and O–H groups in total. The first-order valence-corrected chi connectivity index (χ1v) is 9.61. The normalized spacial score (nSPS) is 13.5. The largest absolute Gasteiger partial charge is 0.493 e. The fraction of sp³-hybridized carbons (Fsp3) is 0.318. The topological polar surface area (TPSA) is 95.5 Å². The number of pyridine rings is 1. The van der Waals surface area contributed by atoms with Gasteiger partial charge in [0.15, 0.2) is 11.5 Å². The number of carbonyl (C=O) groups is 1. The van der Waals surface area contributed by atoms with E-state index in [1.807, 2.05) is 45.0 Å². The lowest BCUT2D eigenvalue weighted by atomic mass is 10.0. The van der Waals surface area contributed by atoms with Gasteiger partial charge in [0.25, 0.3) is 5.91 Å². The maximum Gasteiger partial charge on any atom is 0.260 e. The quantitative estimate of drug-likeness (QED) is 0.698. The summed E-state index contributed by atoms with van der Waals surface area (Å²) in [4.78, 5) is 19.6. The number of ether oxygens (including phenoxy) is 2. The molecule has 0 fully saturated rings. The Bertz CT molecular complexity index is 1130. The van der Waals surface area contributed by atoms with E-state index in [4.69, 9.17) is 20.2 Å². The predicted octanol–water partition coefficient (Wildman–Crippen LogP) is 3.08.